The third kappa shape index (κ3) is 8.85. The van der Waals surface area contributed by atoms with Gasteiger partial charge in [0.1, 0.15) is 0 Å². The van der Waals surface area contributed by atoms with Crippen LogP contribution in [-0.4, -0.2) is 11.9 Å². The van der Waals surface area contributed by atoms with Gasteiger partial charge in [-0.15, -0.1) is 0 Å². The van der Waals surface area contributed by atoms with E-state index in [1.807, 2.05) is 0 Å². The molecule has 0 heterocycles. The van der Waals surface area contributed by atoms with Crippen LogP contribution in [0.2, 0.25) is 0 Å². The summed E-state index contributed by atoms with van der Waals surface area (Å²) in [6.07, 6.45) is 32.5. The number of nitrogens with one attached hydrogen (secondary N) is 1. The Labute approximate surface area is 234 Å². The van der Waals surface area contributed by atoms with Crippen LogP contribution >= 0.6 is 0 Å². The lowest BCUT2D eigenvalue weighted by molar-refractivity contribution is 0.0920. The van der Waals surface area contributed by atoms with Crippen molar-refractivity contribution < 1.29 is 4.79 Å². The number of hydrogen-bond donors (Lipinski definition) is 1. The average Bonchev–Trinajstić information content (AvgIpc) is 2.98. The molecule has 4 aliphatic rings. The Morgan fingerprint density at radius 1 is 0.526 bits per heavy atom. The zero-order chi connectivity index (χ0) is 26.0. The molecule has 1 N–H and O–H groups in total. The molecule has 2 nitrogen and oxygen atoms in total. The highest BCUT2D eigenvalue weighted by molar-refractivity contribution is 5.94. The van der Waals surface area contributed by atoms with E-state index >= 15 is 0 Å². The summed E-state index contributed by atoms with van der Waals surface area (Å²) in [6.45, 7) is 0. The van der Waals surface area contributed by atoms with Gasteiger partial charge in [-0.2, -0.15) is 0 Å². The summed E-state index contributed by atoms with van der Waals surface area (Å²) in [7, 11) is 0. The average molecular weight is 520 g/mol. The zero-order valence-corrected chi connectivity index (χ0v) is 24.4. The number of amides is 1. The highest BCUT2D eigenvalue weighted by atomic mass is 16.1. The van der Waals surface area contributed by atoms with Crippen LogP contribution in [0.15, 0.2) is 24.3 Å². The summed E-state index contributed by atoms with van der Waals surface area (Å²) in [5.41, 5.74) is 2.27. The zero-order valence-electron chi connectivity index (χ0n) is 24.4. The predicted molar refractivity (Wildman–Crippen MR) is 160 cm³/mol. The van der Waals surface area contributed by atoms with E-state index in [1.54, 1.807) is 0 Å². The van der Waals surface area contributed by atoms with Crippen molar-refractivity contribution >= 4 is 5.91 Å². The van der Waals surface area contributed by atoms with Crippen LogP contribution in [0.3, 0.4) is 0 Å². The minimum Gasteiger partial charge on any atom is -0.349 e. The van der Waals surface area contributed by atoms with Crippen molar-refractivity contribution in [2.24, 2.45) is 29.6 Å². The van der Waals surface area contributed by atoms with E-state index in [0.29, 0.717) is 6.04 Å². The quantitative estimate of drug-likeness (QED) is 0.327. The van der Waals surface area contributed by atoms with Gasteiger partial charge < -0.3 is 5.32 Å². The lowest BCUT2D eigenvalue weighted by Gasteiger charge is -2.31. The van der Waals surface area contributed by atoms with Crippen LogP contribution in [0.5, 0.6) is 0 Å². The fourth-order valence-corrected chi connectivity index (χ4v) is 8.61. The minimum absolute atomic E-state index is 0.140. The third-order valence-electron chi connectivity index (χ3n) is 11.3. The van der Waals surface area contributed by atoms with E-state index in [-0.39, 0.29) is 5.91 Å². The first-order valence-electron chi connectivity index (χ1n) is 17.1. The molecule has 0 aliphatic heterocycles. The van der Waals surface area contributed by atoms with Crippen LogP contribution in [0.25, 0.3) is 0 Å². The summed E-state index contributed by atoms with van der Waals surface area (Å²) in [6, 6.07) is 8.99. The normalized spacial score (nSPS) is 29.7. The summed E-state index contributed by atoms with van der Waals surface area (Å²) in [5.74, 6) is 4.93. The Morgan fingerprint density at radius 3 is 1.45 bits per heavy atom. The molecule has 4 fully saturated rings. The Balaban J connectivity index is 0.962. The monoisotopic (exact) mass is 519 g/mol. The van der Waals surface area contributed by atoms with Gasteiger partial charge in [-0.05, 0) is 92.2 Å². The van der Waals surface area contributed by atoms with E-state index in [9.17, 15) is 4.79 Å². The lowest BCUT2D eigenvalue weighted by atomic mass is 9.76. The van der Waals surface area contributed by atoms with E-state index in [0.717, 1.165) is 35.2 Å². The Kier molecular flexibility index (Phi) is 11.1. The van der Waals surface area contributed by atoms with Crippen molar-refractivity contribution in [2.45, 2.75) is 154 Å². The molecule has 4 saturated carbocycles. The second-order valence-electron chi connectivity index (χ2n) is 14.1. The molecule has 1 aromatic rings. The predicted octanol–water partition coefficient (Wildman–Crippen LogP) is 10.0. The molecule has 0 radical (unpaired) electrons. The molecule has 1 aromatic carbocycles. The maximum absolute atomic E-state index is 12.9. The number of hydrogen-bond acceptors (Lipinski definition) is 1. The molecule has 212 valence electrons. The molecular formula is C36H57NO. The van der Waals surface area contributed by atoms with E-state index in [4.69, 9.17) is 0 Å². The van der Waals surface area contributed by atoms with E-state index in [2.05, 4.69) is 29.6 Å². The van der Waals surface area contributed by atoms with E-state index in [1.165, 1.54) is 153 Å². The number of benzene rings is 1. The summed E-state index contributed by atoms with van der Waals surface area (Å²) in [4.78, 5) is 12.9. The smallest absolute Gasteiger partial charge is 0.251 e. The summed E-state index contributed by atoms with van der Waals surface area (Å²) >= 11 is 0. The third-order valence-corrected chi connectivity index (χ3v) is 11.3. The molecule has 0 unspecified atom stereocenters. The molecule has 38 heavy (non-hydrogen) atoms. The van der Waals surface area contributed by atoms with Crippen LogP contribution < -0.4 is 5.32 Å². The molecule has 0 atom stereocenters. The van der Waals surface area contributed by atoms with Crippen molar-refractivity contribution in [3.05, 3.63) is 35.4 Å². The van der Waals surface area contributed by atoms with Gasteiger partial charge in [0.15, 0.2) is 0 Å². The van der Waals surface area contributed by atoms with Gasteiger partial charge >= 0.3 is 0 Å². The largest absolute Gasteiger partial charge is 0.349 e. The summed E-state index contributed by atoms with van der Waals surface area (Å²) < 4.78 is 0. The van der Waals surface area contributed by atoms with E-state index < -0.39 is 0 Å². The molecular weight excluding hydrogens is 462 g/mol. The van der Waals surface area contributed by atoms with Crippen LogP contribution in [0.4, 0.5) is 0 Å². The molecule has 0 aromatic heterocycles. The van der Waals surface area contributed by atoms with Crippen molar-refractivity contribution in [1.29, 1.82) is 0 Å². The highest BCUT2D eigenvalue weighted by Gasteiger charge is 2.25. The SMILES string of the molecule is O=C(NC1CCC(CCC2CCCCC2)CC1)c1ccc(CC2CCC(CCC3CCCCC3)CC2)cc1. The van der Waals surface area contributed by atoms with Gasteiger partial charge in [0.05, 0.1) is 0 Å². The first-order chi connectivity index (χ1) is 18.7. The highest BCUT2D eigenvalue weighted by Crippen LogP contribution is 2.37. The molecule has 1 amide bonds. The number of carbonyl (C=O) groups excluding carboxylic acids is 1. The van der Waals surface area contributed by atoms with Crippen LogP contribution in [0, 0.1) is 29.6 Å². The van der Waals surface area contributed by atoms with Crippen molar-refractivity contribution in [3.63, 3.8) is 0 Å². The molecule has 0 spiro atoms. The second kappa shape index (κ2) is 14.9. The maximum Gasteiger partial charge on any atom is 0.251 e. The maximum atomic E-state index is 12.9. The van der Waals surface area contributed by atoms with Gasteiger partial charge in [-0.3, -0.25) is 4.79 Å². The molecule has 0 bridgehead atoms. The van der Waals surface area contributed by atoms with Gasteiger partial charge in [0.2, 0.25) is 0 Å². The first-order valence-corrected chi connectivity index (χ1v) is 17.1. The molecule has 5 rings (SSSR count). The fourth-order valence-electron chi connectivity index (χ4n) is 8.61. The Bertz CT molecular complexity index is 802. The van der Waals surface area contributed by atoms with Crippen molar-refractivity contribution in [1.82, 2.24) is 5.32 Å². The topological polar surface area (TPSA) is 29.1 Å². The Morgan fingerprint density at radius 2 is 0.947 bits per heavy atom. The van der Waals surface area contributed by atoms with Crippen LogP contribution in [-0.2, 0) is 6.42 Å². The fraction of sp³-hybridized carbons (Fsp3) is 0.806. The van der Waals surface area contributed by atoms with Gasteiger partial charge in [-0.25, -0.2) is 0 Å². The minimum atomic E-state index is 0.140. The molecule has 4 aliphatic carbocycles. The number of carbonyl (C=O) groups is 1. The Hall–Kier alpha value is -1.31. The molecule has 0 saturated heterocycles. The summed E-state index contributed by atoms with van der Waals surface area (Å²) in [5, 5.41) is 3.36. The first kappa shape index (κ1) is 28.2. The van der Waals surface area contributed by atoms with Crippen LogP contribution in [0.1, 0.15) is 157 Å². The van der Waals surface area contributed by atoms with Gasteiger partial charge in [0.25, 0.3) is 5.91 Å². The number of rotatable bonds is 10. The molecule has 2 heteroatoms. The van der Waals surface area contributed by atoms with Crippen molar-refractivity contribution in [2.75, 3.05) is 0 Å². The lowest BCUT2D eigenvalue weighted by Crippen LogP contribution is -2.37. The van der Waals surface area contributed by atoms with Crippen molar-refractivity contribution in [3.8, 4) is 0 Å². The second-order valence-corrected chi connectivity index (χ2v) is 14.1. The standard InChI is InChI=1S/C36H57NO/c38-36(37-35-25-21-31(22-26-35)14-12-29-9-5-2-6-10-29)34-23-19-33(20-24-34)27-32-17-15-30(16-18-32)13-11-28-7-3-1-4-8-28/h19-20,23-24,28-32,35H,1-18,21-22,25-27H2,(H,37,38). The van der Waals surface area contributed by atoms with Gasteiger partial charge in [0, 0.05) is 11.6 Å². The van der Waals surface area contributed by atoms with Gasteiger partial charge in [-0.1, -0.05) is 115 Å².